The van der Waals surface area contributed by atoms with E-state index in [1.54, 1.807) is 12.3 Å². The lowest BCUT2D eigenvalue weighted by atomic mass is 10.1. The molecular formula is C27H28ClN5O4S. The zero-order chi connectivity index (χ0) is 27.0. The minimum Gasteiger partial charge on any atom is -0.371 e. The van der Waals surface area contributed by atoms with Crippen molar-refractivity contribution in [2.45, 2.75) is 24.5 Å². The van der Waals surface area contributed by atoms with E-state index in [-0.39, 0.29) is 27.1 Å². The van der Waals surface area contributed by atoms with Crippen LogP contribution >= 0.6 is 11.6 Å². The number of likely N-dealkylation sites (N-methyl/N-ethyl adjacent to an activating group) is 1. The summed E-state index contributed by atoms with van der Waals surface area (Å²) in [6.07, 6.45) is 2.79. The molecule has 1 aliphatic rings. The Labute approximate surface area is 226 Å². The van der Waals surface area contributed by atoms with Crippen molar-refractivity contribution in [2.75, 3.05) is 38.3 Å². The number of nitrogens with one attached hydrogen (secondary N) is 1. The maximum Gasteiger partial charge on any atom is 0.260 e. The largest absolute Gasteiger partial charge is 0.371 e. The fourth-order valence-corrected chi connectivity index (χ4v) is 5.40. The van der Waals surface area contributed by atoms with Gasteiger partial charge in [0.1, 0.15) is 5.65 Å². The first kappa shape index (κ1) is 26.3. The van der Waals surface area contributed by atoms with Gasteiger partial charge in [-0.2, -0.15) is 4.98 Å². The van der Waals surface area contributed by atoms with Crippen LogP contribution in [0.1, 0.15) is 18.6 Å². The molecule has 0 spiro atoms. The van der Waals surface area contributed by atoms with Gasteiger partial charge in [-0.25, -0.2) is 13.4 Å². The van der Waals surface area contributed by atoms with E-state index in [2.05, 4.69) is 27.2 Å². The molecule has 1 aliphatic heterocycles. The number of aromatic nitrogens is 3. The molecule has 11 heteroatoms. The lowest BCUT2D eigenvalue weighted by Gasteiger charge is -2.30. The number of hydrogen-bond donors (Lipinski definition) is 1. The summed E-state index contributed by atoms with van der Waals surface area (Å²) in [5, 5.41) is 4.12. The number of nitrogens with zero attached hydrogens (tertiary/aromatic N) is 4. The topological polar surface area (TPSA) is 106 Å². The summed E-state index contributed by atoms with van der Waals surface area (Å²) in [7, 11) is -1.39. The number of halogens is 1. The van der Waals surface area contributed by atoms with Crippen molar-refractivity contribution < 1.29 is 13.2 Å². The van der Waals surface area contributed by atoms with Gasteiger partial charge in [0.15, 0.2) is 9.84 Å². The maximum atomic E-state index is 13.5. The van der Waals surface area contributed by atoms with Gasteiger partial charge in [-0.15, -0.1) is 0 Å². The number of pyridine rings is 1. The van der Waals surface area contributed by atoms with E-state index in [4.69, 9.17) is 16.3 Å². The van der Waals surface area contributed by atoms with E-state index in [1.165, 1.54) is 22.8 Å². The highest BCUT2D eigenvalue weighted by Crippen LogP contribution is 2.30. The molecule has 1 unspecified atom stereocenters. The molecule has 5 rings (SSSR count). The summed E-state index contributed by atoms with van der Waals surface area (Å²) in [6, 6.07) is 13.9. The molecule has 38 heavy (non-hydrogen) atoms. The first-order valence-corrected chi connectivity index (χ1v) is 14.5. The van der Waals surface area contributed by atoms with Gasteiger partial charge in [-0.1, -0.05) is 23.7 Å². The number of fused-ring (bicyclic) bond motifs is 1. The monoisotopic (exact) mass is 553 g/mol. The number of anilines is 2. The molecule has 4 aromatic rings. The molecule has 198 valence electrons. The Morgan fingerprint density at radius 1 is 1.13 bits per heavy atom. The Bertz CT molecular complexity index is 1670. The van der Waals surface area contributed by atoms with Crippen LogP contribution in [0.4, 0.5) is 11.6 Å². The van der Waals surface area contributed by atoms with Gasteiger partial charge in [0.2, 0.25) is 5.95 Å². The summed E-state index contributed by atoms with van der Waals surface area (Å²) in [4.78, 5) is 24.9. The van der Waals surface area contributed by atoms with Crippen LogP contribution in [-0.4, -0.2) is 60.9 Å². The van der Waals surface area contributed by atoms with E-state index in [0.717, 1.165) is 30.6 Å². The van der Waals surface area contributed by atoms with Gasteiger partial charge < -0.3 is 15.0 Å². The third-order valence-electron chi connectivity index (χ3n) is 6.61. The van der Waals surface area contributed by atoms with Crippen molar-refractivity contribution >= 4 is 44.1 Å². The number of benzene rings is 2. The zero-order valence-electron chi connectivity index (χ0n) is 21.3. The van der Waals surface area contributed by atoms with Gasteiger partial charge in [-0.3, -0.25) is 9.36 Å². The van der Waals surface area contributed by atoms with Crippen molar-refractivity contribution in [1.29, 1.82) is 0 Å². The van der Waals surface area contributed by atoms with Crippen LogP contribution in [0.3, 0.4) is 0 Å². The van der Waals surface area contributed by atoms with E-state index in [0.29, 0.717) is 35.7 Å². The number of morpholine rings is 1. The first-order valence-electron chi connectivity index (χ1n) is 12.2. The van der Waals surface area contributed by atoms with Crippen molar-refractivity contribution in [3.8, 4) is 11.1 Å². The quantitative estimate of drug-likeness (QED) is 0.377. The Hall–Kier alpha value is -3.31. The highest BCUT2D eigenvalue weighted by Gasteiger charge is 2.20. The molecule has 1 saturated heterocycles. The van der Waals surface area contributed by atoms with Crippen molar-refractivity contribution in [3.05, 3.63) is 75.7 Å². The normalized spacial score (nSPS) is 16.6. The second-order valence-electron chi connectivity index (χ2n) is 9.36. The number of hydrogen-bond acceptors (Lipinski definition) is 8. The predicted molar refractivity (Wildman–Crippen MR) is 149 cm³/mol. The molecule has 2 aromatic carbocycles. The third-order valence-corrected chi connectivity index (χ3v) is 8.05. The van der Waals surface area contributed by atoms with Crippen LogP contribution in [0.25, 0.3) is 22.2 Å². The molecule has 0 radical (unpaired) electrons. The average molecular weight is 554 g/mol. The van der Waals surface area contributed by atoms with Crippen LogP contribution in [-0.2, 0) is 21.1 Å². The fraction of sp³-hybridized carbons (Fsp3) is 0.296. The van der Waals surface area contributed by atoms with E-state index >= 15 is 0 Å². The molecular weight excluding hydrogens is 526 g/mol. The number of ether oxygens (including phenoxy) is 1. The number of rotatable bonds is 6. The summed E-state index contributed by atoms with van der Waals surface area (Å²) in [5.41, 5.74) is 2.68. The zero-order valence-corrected chi connectivity index (χ0v) is 22.9. The molecule has 1 N–H and O–H groups in total. The van der Waals surface area contributed by atoms with E-state index in [9.17, 15) is 13.2 Å². The molecule has 0 aliphatic carbocycles. The molecule has 1 atom stereocenters. The van der Waals surface area contributed by atoms with Gasteiger partial charge >= 0.3 is 0 Å². The predicted octanol–water partition coefficient (Wildman–Crippen LogP) is 4.28. The highest BCUT2D eigenvalue weighted by molar-refractivity contribution is 7.90. The third kappa shape index (κ3) is 5.30. The molecule has 0 bridgehead atoms. The summed E-state index contributed by atoms with van der Waals surface area (Å²) in [6.45, 7) is 4.69. The maximum absolute atomic E-state index is 13.5. The molecule has 0 amide bonds. The molecule has 1 fully saturated rings. The van der Waals surface area contributed by atoms with Crippen LogP contribution in [0.5, 0.6) is 0 Å². The van der Waals surface area contributed by atoms with E-state index < -0.39 is 9.84 Å². The van der Waals surface area contributed by atoms with Gasteiger partial charge in [0, 0.05) is 59.3 Å². The molecule has 0 saturated carbocycles. The average Bonchev–Trinajstić information content (AvgIpc) is 2.89. The van der Waals surface area contributed by atoms with Gasteiger partial charge in [0.25, 0.3) is 5.56 Å². The SMILES string of the molecule is CCn1c(=O)c(-c2cc(S(C)(=O)=O)ccc2Cl)cc2cnc(Nc3ccc(C4CN(C)CCO4)cc3)nc21. The highest BCUT2D eigenvalue weighted by atomic mass is 35.5. The van der Waals surface area contributed by atoms with Gasteiger partial charge in [0.05, 0.1) is 17.6 Å². The van der Waals surface area contributed by atoms with Crippen LogP contribution in [0, 0.1) is 0 Å². The first-order chi connectivity index (χ1) is 18.1. The Morgan fingerprint density at radius 3 is 2.58 bits per heavy atom. The van der Waals surface area contributed by atoms with Crippen LogP contribution in [0.2, 0.25) is 5.02 Å². The van der Waals surface area contributed by atoms with Crippen molar-refractivity contribution in [2.24, 2.45) is 0 Å². The van der Waals surface area contributed by atoms with Crippen molar-refractivity contribution in [3.63, 3.8) is 0 Å². The minimum absolute atomic E-state index is 0.0412. The fourth-order valence-electron chi connectivity index (χ4n) is 4.54. The Morgan fingerprint density at radius 2 is 1.89 bits per heavy atom. The Kier molecular flexibility index (Phi) is 7.23. The summed E-state index contributed by atoms with van der Waals surface area (Å²) < 4.78 is 31.6. The number of sulfone groups is 1. The minimum atomic E-state index is -3.48. The van der Waals surface area contributed by atoms with Crippen LogP contribution in [0.15, 0.2) is 64.4 Å². The standard InChI is InChI=1S/C27H28ClN5O4S/c1-4-33-25-18(13-22(26(33)34)21-14-20(38(3,35)36)9-10-23(21)28)15-29-27(31-25)30-19-7-5-17(6-8-19)24-16-32(2)11-12-37-24/h5-10,13-15,24H,4,11-12,16H2,1-3H3,(H,29,30,31). The second kappa shape index (κ2) is 10.5. The van der Waals surface area contributed by atoms with Crippen molar-refractivity contribution in [1.82, 2.24) is 19.4 Å². The lowest BCUT2D eigenvalue weighted by Crippen LogP contribution is -2.35. The molecule has 2 aromatic heterocycles. The van der Waals surface area contributed by atoms with Gasteiger partial charge in [-0.05, 0) is 55.9 Å². The summed E-state index contributed by atoms with van der Waals surface area (Å²) in [5.74, 6) is 0.352. The molecule has 3 heterocycles. The second-order valence-corrected chi connectivity index (χ2v) is 11.8. The van der Waals surface area contributed by atoms with Crippen LogP contribution < -0.4 is 10.9 Å². The number of aryl methyl sites for hydroxylation is 1. The smallest absolute Gasteiger partial charge is 0.260 e. The molecule has 9 nitrogen and oxygen atoms in total. The lowest BCUT2D eigenvalue weighted by molar-refractivity contribution is -0.0208. The van der Waals surface area contributed by atoms with E-state index in [1.807, 2.05) is 31.2 Å². The summed E-state index contributed by atoms with van der Waals surface area (Å²) >= 11 is 6.39. The Balaban J connectivity index is 1.48.